The number of nitrogens with zero attached hydrogens (tertiary/aromatic N) is 4. The van der Waals surface area contributed by atoms with Gasteiger partial charge in [-0.15, -0.1) is 10.2 Å². The number of hydrogen-bond donors (Lipinski definition) is 1. The smallest absolute Gasteiger partial charge is 0.311 e. The van der Waals surface area contributed by atoms with Crippen molar-refractivity contribution in [2.75, 3.05) is 0 Å². The third-order valence-electron chi connectivity index (χ3n) is 1.47. The number of fused-ring (bicyclic) bond motifs is 1. The van der Waals surface area contributed by atoms with Crippen molar-refractivity contribution in [3.63, 3.8) is 0 Å². The normalized spacial score (nSPS) is 10.8. The number of carboxylic acid groups (broad SMARTS) is 1. The molecule has 2 heterocycles. The molecular weight excluding hydrogens is 192 g/mol. The van der Waals surface area contributed by atoms with E-state index in [0.717, 1.165) is 5.01 Å². The molecule has 1 N–H and O–H groups in total. The van der Waals surface area contributed by atoms with Crippen LogP contribution in [0.2, 0.25) is 0 Å². The Balaban J connectivity index is 2.50. The molecule has 2 aromatic heterocycles. The van der Waals surface area contributed by atoms with Gasteiger partial charge in [0.2, 0.25) is 4.96 Å². The van der Waals surface area contributed by atoms with Crippen molar-refractivity contribution in [3.05, 3.63) is 10.8 Å². The molecule has 0 spiro atoms. The number of rotatable bonds is 2. The summed E-state index contributed by atoms with van der Waals surface area (Å²) in [6.07, 6.45) is -0.148. The molecule has 0 aliphatic carbocycles. The molecule has 6 nitrogen and oxygen atoms in total. The number of carbonyl (C=O) groups is 1. The van der Waals surface area contributed by atoms with Crippen LogP contribution in [0.3, 0.4) is 0 Å². The first-order valence-corrected chi connectivity index (χ1v) is 4.38. The third-order valence-corrected chi connectivity index (χ3v) is 2.28. The minimum atomic E-state index is -0.931. The Morgan fingerprint density at radius 2 is 2.38 bits per heavy atom. The summed E-state index contributed by atoms with van der Waals surface area (Å²) in [5.74, 6) is -0.563. The van der Waals surface area contributed by atoms with E-state index < -0.39 is 5.97 Å². The average Bonchev–Trinajstić information content (AvgIpc) is 2.51. The second kappa shape index (κ2) is 2.77. The first kappa shape index (κ1) is 8.11. The highest BCUT2D eigenvalue weighted by Crippen LogP contribution is 2.12. The Labute approximate surface area is 76.8 Å². The van der Waals surface area contributed by atoms with Crippen LogP contribution in [0.4, 0.5) is 0 Å². The molecule has 0 atom stereocenters. The van der Waals surface area contributed by atoms with Gasteiger partial charge in [0.1, 0.15) is 11.4 Å². The summed E-state index contributed by atoms with van der Waals surface area (Å²) >= 11 is 1.39. The van der Waals surface area contributed by atoms with E-state index in [1.54, 1.807) is 0 Å². The maximum absolute atomic E-state index is 10.4. The van der Waals surface area contributed by atoms with E-state index in [1.807, 2.05) is 6.92 Å². The van der Waals surface area contributed by atoms with Gasteiger partial charge in [-0.3, -0.25) is 4.79 Å². The van der Waals surface area contributed by atoms with Crippen molar-refractivity contribution in [1.82, 2.24) is 19.8 Å². The Morgan fingerprint density at radius 3 is 3.08 bits per heavy atom. The molecule has 0 radical (unpaired) electrons. The zero-order valence-corrected chi connectivity index (χ0v) is 7.58. The minimum Gasteiger partial charge on any atom is -0.481 e. The van der Waals surface area contributed by atoms with Gasteiger partial charge in [0.25, 0.3) is 0 Å². The van der Waals surface area contributed by atoms with Gasteiger partial charge in [-0.05, 0) is 6.92 Å². The molecule has 68 valence electrons. The highest BCUT2D eigenvalue weighted by molar-refractivity contribution is 7.16. The van der Waals surface area contributed by atoms with Crippen LogP contribution in [0.15, 0.2) is 0 Å². The summed E-state index contributed by atoms with van der Waals surface area (Å²) < 4.78 is 1.47. The molecule has 0 aromatic carbocycles. The fourth-order valence-corrected chi connectivity index (χ4v) is 1.70. The zero-order chi connectivity index (χ0) is 9.42. The maximum atomic E-state index is 10.4. The van der Waals surface area contributed by atoms with Gasteiger partial charge >= 0.3 is 5.97 Å². The molecule has 0 fully saturated rings. The van der Waals surface area contributed by atoms with Crippen molar-refractivity contribution in [3.8, 4) is 0 Å². The van der Waals surface area contributed by atoms with E-state index >= 15 is 0 Å². The van der Waals surface area contributed by atoms with E-state index in [0.29, 0.717) is 10.8 Å². The molecule has 2 aromatic rings. The summed E-state index contributed by atoms with van der Waals surface area (Å²) in [7, 11) is 0. The first-order chi connectivity index (χ1) is 6.16. The van der Waals surface area contributed by atoms with Gasteiger partial charge in [0.05, 0.1) is 0 Å². The summed E-state index contributed by atoms with van der Waals surface area (Å²) in [5, 5.41) is 21.0. The lowest BCUT2D eigenvalue weighted by Crippen LogP contribution is -2.05. The standard InChI is InChI=1S/C6H6N4O2S/c1-3-9-10-4(2-5(11)12)7-8-6(10)13-3/h2H2,1H3,(H,11,12). The molecule has 0 bridgehead atoms. The van der Waals surface area contributed by atoms with Crippen LogP contribution in [0.1, 0.15) is 10.8 Å². The summed E-state index contributed by atoms with van der Waals surface area (Å²) in [6.45, 7) is 1.84. The van der Waals surface area contributed by atoms with E-state index in [-0.39, 0.29) is 6.42 Å². The highest BCUT2D eigenvalue weighted by Gasteiger charge is 2.12. The average molecular weight is 198 g/mol. The number of aromatic nitrogens is 4. The number of hydrogen-bond acceptors (Lipinski definition) is 5. The van der Waals surface area contributed by atoms with Crippen molar-refractivity contribution in [1.29, 1.82) is 0 Å². The Morgan fingerprint density at radius 1 is 1.62 bits per heavy atom. The summed E-state index contributed by atoms with van der Waals surface area (Å²) in [4.78, 5) is 11.0. The van der Waals surface area contributed by atoms with Crippen LogP contribution in [-0.4, -0.2) is 30.9 Å². The van der Waals surface area contributed by atoms with Gasteiger partial charge in [0, 0.05) is 0 Å². The van der Waals surface area contributed by atoms with E-state index in [4.69, 9.17) is 5.11 Å². The fourth-order valence-electron chi connectivity index (χ4n) is 0.999. The Kier molecular flexibility index (Phi) is 1.73. The lowest BCUT2D eigenvalue weighted by atomic mass is 10.4. The topological polar surface area (TPSA) is 80.4 Å². The quantitative estimate of drug-likeness (QED) is 0.741. The fraction of sp³-hybridized carbons (Fsp3) is 0.333. The van der Waals surface area contributed by atoms with Crippen LogP contribution >= 0.6 is 11.3 Å². The lowest BCUT2D eigenvalue weighted by molar-refractivity contribution is -0.136. The van der Waals surface area contributed by atoms with Gasteiger partial charge in [-0.1, -0.05) is 11.3 Å². The molecule has 7 heteroatoms. The van der Waals surface area contributed by atoms with Crippen LogP contribution < -0.4 is 0 Å². The van der Waals surface area contributed by atoms with Crippen LogP contribution in [0, 0.1) is 6.92 Å². The van der Waals surface area contributed by atoms with Crippen LogP contribution in [0.5, 0.6) is 0 Å². The number of carboxylic acids is 1. The van der Waals surface area contributed by atoms with Crippen molar-refractivity contribution < 1.29 is 9.90 Å². The Hall–Kier alpha value is -1.50. The lowest BCUT2D eigenvalue weighted by Gasteiger charge is -1.88. The number of aryl methyl sites for hydroxylation is 1. The molecule has 2 rings (SSSR count). The predicted molar refractivity (Wildman–Crippen MR) is 44.7 cm³/mol. The first-order valence-electron chi connectivity index (χ1n) is 3.56. The molecule has 0 unspecified atom stereocenters. The summed E-state index contributed by atoms with van der Waals surface area (Å²) in [6, 6.07) is 0. The van der Waals surface area contributed by atoms with Gasteiger partial charge in [-0.2, -0.15) is 9.61 Å². The van der Waals surface area contributed by atoms with E-state index in [1.165, 1.54) is 15.9 Å². The van der Waals surface area contributed by atoms with Crippen molar-refractivity contribution in [2.45, 2.75) is 13.3 Å². The molecular formula is C6H6N4O2S. The third kappa shape index (κ3) is 1.37. The highest BCUT2D eigenvalue weighted by atomic mass is 32.1. The van der Waals surface area contributed by atoms with Crippen molar-refractivity contribution in [2.24, 2.45) is 0 Å². The molecule has 13 heavy (non-hydrogen) atoms. The minimum absolute atomic E-state index is 0.148. The maximum Gasteiger partial charge on any atom is 0.311 e. The van der Waals surface area contributed by atoms with E-state index in [9.17, 15) is 4.79 Å². The molecule has 0 amide bonds. The molecule has 0 aliphatic rings. The van der Waals surface area contributed by atoms with E-state index in [2.05, 4.69) is 15.3 Å². The van der Waals surface area contributed by atoms with Gasteiger partial charge < -0.3 is 5.11 Å². The molecule has 0 saturated carbocycles. The predicted octanol–water partition coefficient (Wildman–Crippen LogP) is 0.121. The van der Waals surface area contributed by atoms with Crippen molar-refractivity contribution >= 4 is 22.3 Å². The Bertz CT molecular complexity index is 460. The molecule has 0 aliphatic heterocycles. The molecule has 0 saturated heterocycles. The van der Waals surface area contributed by atoms with Gasteiger partial charge in [-0.25, -0.2) is 0 Å². The zero-order valence-electron chi connectivity index (χ0n) is 6.76. The monoisotopic (exact) mass is 198 g/mol. The largest absolute Gasteiger partial charge is 0.481 e. The second-order valence-corrected chi connectivity index (χ2v) is 3.66. The summed E-state index contributed by atoms with van der Waals surface area (Å²) in [5.41, 5.74) is 0. The number of aliphatic carboxylic acids is 1. The van der Waals surface area contributed by atoms with Crippen LogP contribution in [0.25, 0.3) is 4.96 Å². The van der Waals surface area contributed by atoms with Crippen LogP contribution in [-0.2, 0) is 11.2 Å². The SMILES string of the molecule is Cc1nn2c(CC(=O)O)nnc2s1. The second-order valence-electron chi connectivity index (χ2n) is 2.50. The van der Waals surface area contributed by atoms with Gasteiger partial charge in [0.15, 0.2) is 5.82 Å².